The molecule has 1 aliphatic rings. The summed E-state index contributed by atoms with van der Waals surface area (Å²) in [5, 5.41) is 3.55. The quantitative estimate of drug-likeness (QED) is 0.942. The van der Waals surface area contributed by atoms with Crippen molar-refractivity contribution < 1.29 is 9.53 Å². The summed E-state index contributed by atoms with van der Waals surface area (Å²) >= 11 is 5.91. The summed E-state index contributed by atoms with van der Waals surface area (Å²) in [6.45, 7) is 0.454. The average molecular weight is 288 g/mol. The molecule has 4 heteroatoms. The second-order valence-electron chi connectivity index (χ2n) is 4.77. The van der Waals surface area contributed by atoms with E-state index in [9.17, 15) is 4.79 Å². The van der Waals surface area contributed by atoms with Crippen LogP contribution in [0.3, 0.4) is 0 Å². The minimum Gasteiger partial charge on any atom is -0.480 e. The van der Waals surface area contributed by atoms with Crippen molar-refractivity contribution in [3.63, 3.8) is 0 Å². The Bertz CT molecular complexity index is 617. The Balaban J connectivity index is 1.59. The van der Waals surface area contributed by atoms with E-state index in [1.54, 1.807) is 0 Å². The Morgan fingerprint density at radius 3 is 2.90 bits per heavy atom. The standard InChI is InChI=1S/C16H14ClNO2/c17-13-6-3-4-11(8-13)10-18-16(19)15-9-12-5-1-2-7-14(12)20-15/h1-8,15H,9-10H2,(H,18,19)/t15-/m1/s1. The molecule has 0 aromatic heterocycles. The number of para-hydroxylation sites is 1. The van der Waals surface area contributed by atoms with Crippen LogP contribution in [0.25, 0.3) is 0 Å². The molecular formula is C16H14ClNO2. The van der Waals surface area contributed by atoms with Crippen LogP contribution < -0.4 is 10.1 Å². The molecule has 1 amide bonds. The molecular weight excluding hydrogens is 274 g/mol. The van der Waals surface area contributed by atoms with Gasteiger partial charge in [0, 0.05) is 18.0 Å². The highest BCUT2D eigenvalue weighted by atomic mass is 35.5. The van der Waals surface area contributed by atoms with E-state index in [2.05, 4.69) is 5.32 Å². The second-order valence-corrected chi connectivity index (χ2v) is 5.20. The minimum absolute atomic E-state index is 0.0961. The zero-order valence-electron chi connectivity index (χ0n) is 10.8. The highest BCUT2D eigenvalue weighted by molar-refractivity contribution is 6.30. The third-order valence-electron chi connectivity index (χ3n) is 3.30. The third kappa shape index (κ3) is 2.78. The summed E-state index contributed by atoms with van der Waals surface area (Å²) in [7, 11) is 0. The SMILES string of the molecule is O=C(NCc1cccc(Cl)c1)[C@H]1Cc2ccccc2O1. The van der Waals surface area contributed by atoms with Gasteiger partial charge in [0.05, 0.1) is 0 Å². The van der Waals surface area contributed by atoms with Crippen molar-refractivity contribution in [2.45, 2.75) is 19.1 Å². The number of benzene rings is 2. The van der Waals surface area contributed by atoms with Crippen molar-refractivity contribution in [2.75, 3.05) is 0 Å². The van der Waals surface area contributed by atoms with Crippen molar-refractivity contribution in [1.29, 1.82) is 0 Å². The Morgan fingerprint density at radius 1 is 1.25 bits per heavy atom. The molecule has 1 atom stereocenters. The van der Waals surface area contributed by atoms with Gasteiger partial charge in [-0.3, -0.25) is 4.79 Å². The van der Waals surface area contributed by atoms with Crippen LogP contribution in [-0.2, 0) is 17.8 Å². The third-order valence-corrected chi connectivity index (χ3v) is 3.53. The Morgan fingerprint density at radius 2 is 2.10 bits per heavy atom. The van der Waals surface area contributed by atoms with Gasteiger partial charge in [-0.15, -0.1) is 0 Å². The largest absolute Gasteiger partial charge is 0.480 e. The first-order valence-corrected chi connectivity index (χ1v) is 6.87. The Hall–Kier alpha value is -2.00. The molecule has 102 valence electrons. The first-order chi connectivity index (χ1) is 9.72. The van der Waals surface area contributed by atoms with E-state index >= 15 is 0 Å². The van der Waals surface area contributed by atoms with Gasteiger partial charge >= 0.3 is 0 Å². The number of hydrogen-bond acceptors (Lipinski definition) is 2. The van der Waals surface area contributed by atoms with Gasteiger partial charge in [0.25, 0.3) is 5.91 Å². The lowest BCUT2D eigenvalue weighted by atomic mass is 10.1. The van der Waals surface area contributed by atoms with Gasteiger partial charge in [-0.1, -0.05) is 41.9 Å². The van der Waals surface area contributed by atoms with Crippen LogP contribution in [0.4, 0.5) is 0 Å². The predicted molar refractivity (Wildman–Crippen MR) is 77.9 cm³/mol. The van der Waals surface area contributed by atoms with Gasteiger partial charge in [-0.05, 0) is 29.3 Å². The number of amides is 1. The number of carbonyl (C=O) groups is 1. The number of rotatable bonds is 3. The van der Waals surface area contributed by atoms with E-state index in [-0.39, 0.29) is 5.91 Å². The predicted octanol–water partition coefficient (Wildman–Crippen LogP) is 2.96. The summed E-state index contributed by atoms with van der Waals surface area (Å²) < 4.78 is 5.64. The summed E-state index contributed by atoms with van der Waals surface area (Å²) in [6.07, 6.45) is 0.184. The fraction of sp³-hybridized carbons (Fsp3) is 0.188. The molecule has 0 spiro atoms. The molecule has 3 nitrogen and oxygen atoms in total. The number of halogens is 1. The Labute approximate surface area is 122 Å². The van der Waals surface area contributed by atoms with Crippen LogP contribution in [0.1, 0.15) is 11.1 Å². The van der Waals surface area contributed by atoms with Crippen LogP contribution >= 0.6 is 11.6 Å². The molecule has 0 saturated heterocycles. The van der Waals surface area contributed by atoms with Gasteiger partial charge in [0.1, 0.15) is 5.75 Å². The summed E-state index contributed by atoms with van der Waals surface area (Å²) in [5.41, 5.74) is 2.05. The van der Waals surface area contributed by atoms with Crippen LogP contribution in [0.2, 0.25) is 5.02 Å². The van der Waals surface area contributed by atoms with E-state index in [4.69, 9.17) is 16.3 Å². The highest BCUT2D eigenvalue weighted by Gasteiger charge is 2.28. The zero-order valence-corrected chi connectivity index (χ0v) is 11.6. The molecule has 20 heavy (non-hydrogen) atoms. The molecule has 0 fully saturated rings. The fourth-order valence-corrected chi connectivity index (χ4v) is 2.49. The van der Waals surface area contributed by atoms with Gasteiger partial charge < -0.3 is 10.1 Å². The van der Waals surface area contributed by atoms with E-state index in [1.165, 1.54) is 0 Å². The number of fused-ring (bicyclic) bond motifs is 1. The molecule has 2 aromatic rings. The fourth-order valence-electron chi connectivity index (χ4n) is 2.28. The lowest BCUT2D eigenvalue weighted by Gasteiger charge is -2.11. The molecule has 0 bridgehead atoms. The molecule has 2 aromatic carbocycles. The lowest BCUT2D eigenvalue weighted by molar-refractivity contribution is -0.127. The summed E-state index contributed by atoms with van der Waals surface area (Å²) in [4.78, 5) is 12.1. The molecule has 0 radical (unpaired) electrons. The number of carbonyl (C=O) groups excluding carboxylic acids is 1. The van der Waals surface area contributed by atoms with Crippen LogP contribution in [0.15, 0.2) is 48.5 Å². The zero-order chi connectivity index (χ0) is 13.9. The maximum Gasteiger partial charge on any atom is 0.261 e. The monoisotopic (exact) mass is 287 g/mol. The van der Waals surface area contributed by atoms with Gasteiger partial charge in [-0.25, -0.2) is 0 Å². The van der Waals surface area contributed by atoms with Crippen molar-refractivity contribution in [1.82, 2.24) is 5.32 Å². The summed E-state index contributed by atoms with van der Waals surface area (Å²) in [5.74, 6) is 0.705. The molecule has 0 unspecified atom stereocenters. The number of nitrogens with one attached hydrogen (secondary N) is 1. The number of ether oxygens (including phenoxy) is 1. The molecule has 3 rings (SSSR count). The first-order valence-electron chi connectivity index (χ1n) is 6.49. The molecule has 0 saturated carbocycles. The maximum atomic E-state index is 12.1. The van der Waals surface area contributed by atoms with Gasteiger partial charge in [0.2, 0.25) is 0 Å². The van der Waals surface area contributed by atoms with Crippen molar-refractivity contribution >= 4 is 17.5 Å². The number of hydrogen-bond donors (Lipinski definition) is 1. The van der Waals surface area contributed by atoms with Crippen LogP contribution in [0.5, 0.6) is 5.75 Å². The van der Waals surface area contributed by atoms with Crippen LogP contribution in [-0.4, -0.2) is 12.0 Å². The molecule has 1 N–H and O–H groups in total. The van der Waals surface area contributed by atoms with Crippen LogP contribution in [0, 0.1) is 0 Å². The summed E-state index contributed by atoms with van der Waals surface area (Å²) in [6, 6.07) is 15.2. The van der Waals surface area contributed by atoms with Gasteiger partial charge in [0.15, 0.2) is 6.10 Å². The van der Waals surface area contributed by atoms with E-state index < -0.39 is 6.10 Å². The smallest absolute Gasteiger partial charge is 0.261 e. The molecule has 1 heterocycles. The molecule has 1 aliphatic heterocycles. The van der Waals surface area contributed by atoms with Gasteiger partial charge in [-0.2, -0.15) is 0 Å². The van der Waals surface area contributed by atoms with Crippen molar-refractivity contribution in [3.05, 3.63) is 64.7 Å². The Kier molecular flexibility index (Phi) is 3.61. The average Bonchev–Trinajstić information content (AvgIpc) is 2.89. The first kappa shape index (κ1) is 13.0. The highest BCUT2D eigenvalue weighted by Crippen LogP contribution is 2.28. The van der Waals surface area contributed by atoms with Crippen molar-refractivity contribution in [2.24, 2.45) is 0 Å². The van der Waals surface area contributed by atoms with Crippen molar-refractivity contribution in [3.8, 4) is 5.75 Å². The second kappa shape index (κ2) is 5.55. The normalized spacial score (nSPS) is 16.4. The van der Waals surface area contributed by atoms with E-state index in [1.807, 2.05) is 48.5 Å². The lowest BCUT2D eigenvalue weighted by Crippen LogP contribution is -2.36. The topological polar surface area (TPSA) is 38.3 Å². The van der Waals surface area contributed by atoms with E-state index in [0.29, 0.717) is 18.0 Å². The van der Waals surface area contributed by atoms with E-state index in [0.717, 1.165) is 16.9 Å². The minimum atomic E-state index is -0.438. The molecule has 0 aliphatic carbocycles. The maximum absolute atomic E-state index is 12.1.